The summed E-state index contributed by atoms with van der Waals surface area (Å²) in [5, 5.41) is 0. The molecule has 0 bridgehead atoms. The molecule has 0 fully saturated rings. The second kappa shape index (κ2) is 4.03. The Morgan fingerprint density at radius 2 is 1.07 bits per heavy atom. The summed E-state index contributed by atoms with van der Waals surface area (Å²) in [6, 6.07) is 0. The summed E-state index contributed by atoms with van der Waals surface area (Å²) < 4.78 is 11.6. The zero-order chi connectivity index (χ0) is 11.6. The predicted octanol–water partition coefficient (Wildman–Crippen LogP) is 3.52. The standard InChI is InChI=1S/C12H24O2/c1-9-12(8,13-10(2,3)4)14-11(5,6)7/h9H,1H2,2-8H3. The average molecular weight is 200 g/mol. The summed E-state index contributed by atoms with van der Waals surface area (Å²) in [5.74, 6) is -0.726. The fraction of sp³-hybridized carbons (Fsp3) is 0.833. The quantitative estimate of drug-likeness (QED) is 0.512. The normalized spacial score (nSPS) is 14.2. The molecule has 14 heavy (non-hydrogen) atoms. The van der Waals surface area contributed by atoms with E-state index in [-0.39, 0.29) is 11.2 Å². The van der Waals surface area contributed by atoms with Crippen LogP contribution in [0.2, 0.25) is 0 Å². The highest BCUT2D eigenvalue weighted by Gasteiger charge is 2.32. The lowest BCUT2D eigenvalue weighted by atomic mass is 10.1. The minimum atomic E-state index is -0.726. The minimum absolute atomic E-state index is 0.242. The second-order valence-corrected chi connectivity index (χ2v) is 5.65. The summed E-state index contributed by atoms with van der Waals surface area (Å²) >= 11 is 0. The number of hydrogen-bond acceptors (Lipinski definition) is 2. The van der Waals surface area contributed by atoms with Gasteiger partial charge in [0.15, 0.2) is 5.79 Å². The van der Waals surface area contributed by atoms with E-state index in [1.165, 1.54) is 0 Å². The number of hydrogen-bond donors (Lipinski definition) is 0. The second-order valence-electron chi connectivity index (χ2n) is 5.65. The summed E-state index contributed by atoms with van der Waals surface area (Å²) in [6.07, 6.45) is 1.70. The van der Waals surface area contributed by atoms with Gasteiger partial charge in [0.1, 0.15) is 0 Å². The first-order chi connectivity index (χ1) is 5.97. The molecule has 0 amide bonds. The van der Waals surface area contributed by atoms with E-state index in [0.29, 0.717) is 0 Å². The highest BCUT2D eigenvalue weighted by molar-refractivity contribution is 4.89. The number of rotatable bonds is 3. The summed E-state index contributed by atoms with van der Waals surface area (Å²) in [5.41, 5.74) is -0.484. The van der Waals surface area contributed by atoms with Crippen molar-refractivity contribution in [1.29, 1.82) is 0 Å². The Morgan fingerprint density at radius 1 is 0.786 bits per heavy atom. The smallest absolute Gasteiger partial charge is 0.185 e. The van der Waals surface area contributed by atoms with Gasteiger partial charge in [-0.1, -0.05) is 6.58 Å². The van der Waals surface area contributed by atoms with Crippen LogP contribution in [0, 0.1) is 0 Å². The van der Waals surface area contributed by atoms with E-state index in [9.17, 15) is 0 Å². The van der Waals surface area contributed by atoms with E-state index in [1.54, 1.807) is 6.08 Å². The first-order valence-electron chi connectivity index (χ1n) is 5.01. The molecule has 0 aliphatic heterocycles. The van der Waals surface area contributed by atoms with Crippen molar-refractivity contribution >= 4 is 0 Å². The molecule has 0 spiro atoms. The molecular formula is C12H24O2. The SMILES string of the molecule is C=CC(C)(OC(C)(C)C)OC(C)(C)C. The largest absolute Gasteiger partial charge is 0.341 e. The molecule has 0 aromatic heterocycles. The van der Waals surface area contributed by atoms with Gasteiger partial charge in [-0.3, -0.25) is 0 Å². The van der Waals surface area contributed by atoms with Crippen molar-refractivity contribution < 1.29 is 9.47 Å². The van der Waals surface area contributed by atoms with Gasteiger partial charge in [0, 0.05) is 0 Å². The van der Waals surface area contributed by atoms with Crippen molar-refractivity contribution in [3.05, 3.63) is 12.7 Å². The third-order valence-electron chi connectivity index (χ3n) is 1.39. The van der Waals surface area contributed by atoms with Gasteiger partial charge < -0.3 is 9.47 Å². The first-order valence-corrected chi connectivity index (χ1v) is 5.01. The molecule has 0 heterocycles. The minimum Gasteiger partial charge on any atom is -0.341 e. The molecule has 2 heteroatoms. The zero-order valence-electron chi connectivity index (χ0n) is 10.6. The molecule has 0 aliphatic carbocycles. The predicted molar refractivity (Wildman–Crippen MR) is 60.3 cm³/mol. The Hall–Kier alpha value is -0.340. The Kier molecular flexibility index (Phi) is 3.93. The fourth-order valence-electron chi connectivity index (χ4n) is 1.32. The van der Waals surface area contributed by atoms with Gasteiger partial charge in [-0.15, -0.1) is 0 Å². The fourth-order valence-corrected chi connectivity index (χ4v) is 1.32. The van der Waals surface area contributed by atoms with Gasteiger partial charge in [-0.2, -0.15) is 0 Å². The van der Waals surface area contributed by atoms with E-state index >= 15 is 0 Å². The van der Waals surface area contributed by atoms with Crippen molar-refractivity contribution in [3.63, 3.8) is 0 Å². The summed E-state index contributed by atoms with van der Waals surface area (Å²) in [4.78, 5) is 0. The molecule has 0 N–H and O–H groups in total. The number of ether oxygens (including phenoxy) is 2. The van der Waals surface area contributed by atoms with Crippen LogP contribution in [0.15, 0.2) is 12.7 Å². The molecule has 2 nitrogen and oxygen atoms in total. The maximum Gasteiger partial charge on any atom is 0.185 e. The van der Waals surface area contributed by atoms with Crippen LogP contribution in [-0.4, -0.2) is 17.0 Å². The first kappa shape index (κ1) is 13.7. The molecule has 0 rings (SSSR count). The van der Waals surface area contributed by atoms with E-state index in [4.69, 9.17) is 9.47 Å². The lowest BCUT2D eigenvalue weighted by Crippen LogP contribution is -2.43. The lowest BCUT2D eigenvalue weighted by molar-refractivity contribution is -0.274. The van der Waals surface area contributed by atoms with Gasteiger partial charge in [0.05, 0.1) is 11.2 Å². The molecule has 0 unspecified atom stereocenters. The Labute approximate surface area is 88.3 Å². The molecular weight excluding hydrogens is 176 g/mol. The molecule has 0 saturated heterocycles. The molecule has 0 aliphatic rings. The van der Waals surface area contributed by atoms with E-state index < -0.39 is 5.79 Å². The topological polar surface area (TPSA) is 18.5 Å². The maximum absolute atomic E-state index is 5.81. The van der Waals surface area contributed by atoms with Crippen LogP contribution in [0.4, 0.5) is 0 Å². The van der Waals surface area contributed by atoms with Gasteiger partial charge >= 0.3 is 0 Å². The van der Waals surface area contributed by atoms with Crippen LogP contribution in [0.25, 0.3) is 0 Å². The molecule has 0 aromatic carbocycles. The van der Waals surface area contributed by atoms with Crippen molar-refractivity contribution in [3.8, 4) is 0 Å². The Bertz CT molecular complexity index is 177. The van der Waals surface area contributed by atoms with Crippen LogP contribution in [0.1, 0.15) is 48.5 Å². The van der Waals surface area contributed by atoms with Crippen molar-refractivity contribution in [2.24, 2.45) is 0 Å². The molecule has 0 aromatic rings. The van der Waals surface area contributed by atoms with E-state index in [2.05, 4.69) is 6.58 Å². The van der Waals surface area contributed by atoms with Crippen LogP contribution in [-0.2, 0) is 9.47 Å². The van der Waals surface area contributed by atoms with Gasteiger partial charge in [-0.25, -0.2) is 0 Å². The highest BCUT2D eigenvalue weighted by atomic mass is 16.7. The molecule has 0 saturated carbocycles. The third-order valence-corrected chi connectivity index (χ3v) is 1.39. The van der Waals surface area contributed by atoms with Gasteiger partial charge in [0.2, 0.25) is 0 Å². The molecule has 84 valence electrons. The summed E-state index contributed by atoms with van der Waals surface area (Å²) in [6.45, 7) is 17.6. The maximum atomic E-state index is 5.81. The van der Waals surface area contributed by atoms with Crippen molar-refractivity contribution in [2.45, 2.75) is 65.5 Å². The van der Waals surface area contributed by atoms with Crippen LogP contribution >= 0.6 is 0 Å². The van der Waals surface area contributed by atoms with Crippen molar-refractivity contribution in [2.75, 3.05) is 0 Å². The Morgan fingerprint density at radius 3 is 1.21 bits per heavy atom. The third kappa shape index (κ3) is 6.17. The van der Waals surface area contributed by atoms with Crippen LogP contribution in [0.3, 0.4) is 0 Å². The van der Waals surface area contributed by atoms with Crippen LogP contribution < -0.4 is 0 Å². The van der Waals surface area contributed by atoms with Gasteiger partial charge in [-0.05, 0) is 54.5 Å². The zero-order valence-corrected chi connectivity index (χ0v) is 10.6. The van der Waals surface area contributed by atoms with Crippen molar-refractivity contribution in [1.82, 2.24) is 0 Å². The molecule has 0 atom stereocenters. The average Bonchev–Trinajstić information content (AvgIpc) is 1.78. The molecule has 0 radical (unpaired) electrons. The highest BCUT2D eigenvalue weighted by Crippen LogP contribution is 2.27. The van der Waals surface area contributed by atoms with E-state index in [1.807, 2.05) is 48.5 Å². The van der Waals surface area contributed by atoms with Gasteiger partial charge in [0.25, 0.3) is 0 Å². The lowest BCUT2D eigenvalue weighted by Gasteiger charge is -2.38. The van der Waals surface area contributed by atoms with E-state index in [0.717, 1.165) is 0 Å². The van der Waals surface area contributed by atoms with Crippen LogP contribution in [0.5, 0.6) is 0 Å². The monoisotopic (exact) mass is 200 g/mol. The Balaban J connectivity index is 4.57. The summed E-state index contributed by atoms with van der Waals surface area (Å²) in [7, 11) is 0.